The normalized spacial score (nSPS) is 13.5. The molecule has 2 aromatic rings. The molecule has 2 aromatic carbocycles. The molecule has 5 heteroatoms. The molecule has 0 fully saturated rings. The Balaban J connectivity index is 2.40. The Labute approximate surface area is 150 Å². The van der Waals surface area contributed by atoms with Crippen LogP contribution in [-0.2, 0) is 14.8 Å². The van der Waals surface area contributed by atoms with Gasteiger partial charge in [0.1, 0.15) is 11.8 Å². The largest absolute Gasteiger partial charge is 0.499 e. The first-order chi connectivity index (χ1) is 12.0. The molecule has 1 N–H and O–H groups in total. The second-order valence-corrected chi connectivity index (χ2v) is 7.59. The van der Waals surface area contributed by atoms with E-state index in [-0.39, 0.29) is 4.90 Å². The molecule has 0 saturated carbocycles. The van der Waals surface area contributed by atoms with Crippen LogP contribution in [0.15, 0.2) is 71.3 Å². The molecule has 0 spiro atoms. The summed E-state index contributed by atoms with van der Waals surface area (Å²) in [7, 11) is -2.11. The second kappa shape index (κ2) is 8.83. The summed E-state index contributed by atoms with van der Waals surface area (Å²) >= 11 is 0. The third-order valence-corrected chi connectivity index (χ3v) is 5.33. The molecule has 0 amide bonds. The maximum Gasteiger partial charge on any atom is 0.241 e. The maximum absolute atomic E-state index is 12.8. The number of methoxy groups -OCH3 is 1. The average molecular weight is 359 g/mol. The van der Waals surface area contributed by atoms with Crippen molar-refractivity contribution in [3.63, 3.8) is 0 Å². The lowest BCUT2D eigenvalue weighted by Gasteiger charge is -2.21. The number of aryl methyl sites for hydroxylation is 1. The molecular weight excluding hydrogens is 334 g/mol. The molecule has 0 radical (unpaired) electrons. The first-order valence-electron chi connectivity index (χ1n) is 8.36. The quantitative estimate of drug-likeness (QED) is 0.713. The van der Waals surface area contributed by atoms with Gasteiger partial charge in [0.15, 0.2) is 0 Å². The lowest BCUT2D eigenvalue weighted by Crippen LogP contribution is -2.30. The van der Waals surface area contributed by atoms with E-state index in [4.69, 9.17) is 4.74 Å². The summed E-state index contributed by atoms with van der Waals surface area (Å²) in [6.45, 7) is 3.99. The molecule has 0 aliphatic heterocycles. The van der Waals surface area contributed by atoms with E-state index in [2.05, 4.69) is 11.6 Å². The van der Waals surface area contributed by atoms with Crippen molar-refractivity contribution < 1.29 is 13.2 Å². The van der Waals surface area contributed by atoms with Gasteiger partial charge in [-0.15, -0.1) is 0 Å². The zero-order chi connectivity index (χ0) is 18.3. The number of allylic oxidation sites excluding steroid dienone is 1. The first-order valence-corrected chi connectivity index (χ1v) is 9.84. The minimum Gasteiger partial charge on any atom is -0.499 e. The monoisotopic (exact) mass is 359 g/mol. The maximum atomic E-state index is 12.8. The highest BCUT2D eigenvalue weighted by Crippen LogP contribution is 2.25. The fourth-order valence-electron chi connectivity index (χ4n) is 2.48. The van der Waals surface area contributed by atoms with Crippen molar-refractivity contribution in [2.45, 2.75) is 37.6 Å². The van der Waals surface area contributed by atoms with Crippen LogP contribution in [0.4, 0.5) is 0 Å². The summed E-state index contributed by atoms with van der Waals surface area (Å²) in [6, 6.07) is 15.7. The van der Waals surface area contributed by atoms with Gasteiger partial charge in [0.05, 0.1) is 12.0 Å². The van der Waals surface area contributed by atoms with Crippen LogP contribution in [0.1, 0.15) is 36.9 Å². The van der Waals surface area contributed by atoms with Gasteiger partial charge in [-0.3, -0.25) is 0 Å². The van der Waals surface area contributed by atoms with Crippen LogP contribution in [0.5, 0.6) is 0 Å². The molecule has 0 aromatic heterocycles. The van der Waals surface area contributed by atoms with E-state index in [1.807, 2.05) is 43.3 Å². The zero-order valence-electron chi connectivity index (χ0n) is 14.9. The lowest BCUT2D eigenvalue weighted by molar-refractivity contribution is 0.258. The van der Waals surface area contributed by atoms with Crippen molar-refractivity contribution in [2.75, 3.05) is 7.11 Å². The Morgan fingerprint density at radius 1 is 1.12 bits per heavy atom. The molecule has 1 atom stereocenters. The Morgan fingerprint density at radius 2 is 1.76 bits per heavy atom. The van der Waals surface area contributed by atoms with E-state index in [1.54, 1.807) is 31.4 Å². The van der Waals surface area contributed by atoms with E-state index in [0.717, 1.165) is 24.0 Å². The number of nitrogens with one attached hydrogen (secondary N) is 1. The number of rotatable bonds is 8. The predicted octanol–water partition coefficient (Wildman–Crippen LogP) is 4.35. The fourth-order valence-corrected chi connectivity index (χ4v) is 3.68. The van der Waals surface area contributed by atoms with Crippen molar-refractivity contribution in [3.05, 3.63) is 77.6 Å². The molecule has 134 valence electrons. The average Bonchev–Trinajstić information content (AvgIpc) is 2.62. The number of sulfonamides is 1. The lowest BCUT2D eigenvalue weighted by atomic mass is 10.1. The summed E-state index contributed by atoms with van der Waals surface area (Å²) in [5.41, 5.74) is 1.85. The molecule has 1 unspecified atom stereocenters. The number of benzene rings is 2. The third kappa shape index (κ3) is 5.18. The summed E-state index contributed by atoms with van der Waals surface area (Å²) in [5, 5.41) is 0. The minimum absolute atomic E-state index is 0.241. The highest BCUT2D eigenvalue weighted by atomic mass is 32.2. The molecule has 0 aliphatic rings. The van der Waals surface area contributed by atoms with Crippen molar-refractivity contribution in [1.29, 1.82) is 0 Å². The van der Waals surface area contributed by atoms with Crippen LogP contribution in [0.2, 0.25) is 0 Å². The van der Waals surface area contributed by atoms with E-state index < -0.39 is 16.1 Å². The number of ether oxygens (including phenoxy) is 1. The SMILES string of the molecule is CCC/C=C(\OC)C(NS(=O)(=O)c1ccc(C)cc1)c1ccccc1. The van der Waals surface area contributed by atoms with Gasteiger partial charge in [-0.2, -0.15) is 4.72 Å². The van der Waals surface area contributed by atoms with Crippen LogP contribution in [0.25, 0.3) is 0 Å². The number of unbranched alkanes of at least 4 members (excludes halogenated alkanes) is 1. The van der Waals surface area contributed by atoms with Gasteiger partial charge < -0.3 is 4.74 Å². The molecule has 0 aliphatic carbocycles. The van der Waals surface area contributed by atoms with Crippen LogP contribution < -0.4 is 4.72 Å². The fraction of sp³-hybridized carbons (Fsp3) is 0.300. The van der Waals surface area contributed by atoms with E-state index in [1.165, 1.54) is 0 Å². The number of hydrogen-bond acceptors (Lipinski definition) is 3. The standard InChI is InChI=1S/C20H25NO3S/c1-4-5-11-19(24-3)20(17-9-7-6-8-10-17)21-25(22,23)18-14-12-16(2)13-15-18/h6-15,20-21H,4-5H2,1-3H3/b19-11-. The summed E-state index contributed by atoms with van der Waals surface area (Å²) in [4.78, 5) is 0.241. The van der Waals surface area contributed by atoms with E-state index in [9.17, 15) is 8.42 Å². The highest BCUT2D eigenvalue weighted by molar-refractivity contribution is 7.89. The van der Waals surface area contributed by atoms with Gasteiger partial charge >= 0.3 is 0 Å². The summed E-state index contributed by atoms with van der Waals surface area (Å²) in [5.74, 6) is 0.601. The van der Waals surface area contributed by atoms with Crippen LogP contribution >= 0.6 is 0 Å². The summed E-state index contributed by atoms with van der Waals surface area (Å²) in [6.07, 6.45) is 3.72. The van der Waals surface area contributed by atoms with Gasteiger partial charge in [-0.05, 0) is 37.1 Å². The Kier molecular flexibility index (Phi) is 6.79. The molecular formula is C20H25NO3S. The van der Waals surface area contributed by atoms with Gasteiger partial charge in [0.25, 0.3) is 0 Å². The zero-order valence-corrected chi connectivity index (χ0v) is 15.7. The molecule has 2 rings (SSSR count). The van der Waals surface area contributed by atoms with Crippen molar-refractivity contribution in [3.8, 4) is 0 Å². The molecule has 25 heavy (non-hydrogen) atoms. The number of hydrogen-bond donors (Lipinski definition) is 1. The Hall–Kier alpha value is -2.11. The van der Waals surface area contributed by atoms with E-state index >= 15 is 0 Å². The smallest absolute Gasteiger partial charge is 0.241 e. The second-order valence-electron chi connectivity index (χ2n) is 5.88. The van der Waals surface area contributed by atoms with Gasteiger partial charge in [-0.1, -0.05) is 61.4 Å². The molecule has 0 bridgehead atoms. The third-order valence-electron chi connectivity index (χ3n) is 3.89. The van der Waals surface area contributed by atoms with E-state index in [0.29, 0.717) is 5.76 Å². The first kappa shape index (κ1) is 19.2. The molecule has 0 saturated heterocycles. The van der Waals surface area contributed by atoms with Crippen LogP contribution in [0, 0.1) is 6.92 Å². The topological polar surface area (TPSA) is 55.4 Å². The van der Waals surface area contributed by atoms with Gasteiger partial charge in [0.2, 0.25) is 10.0 Å². The van der Waals surface area contributed by atoms with Gasteiger partial charge in [-0.25, -0.2) is 8.42 Å². The highest BCUT2D eigenvalue weighted by Gasteiger charge is 2.25. The van der Waals surface area contributed by atoms with Crippen molar-refractivity contribution in [1.82, 2.24) is 4.72 Å². The minimum atomic E-state index is -3.68. The molecule has 4 nitrogen and oxygen atoms in total. The van der Waals surface area contributed by atoms with Crippen molar-refractivity contribution >= 4 is 10.0 Å². The Bertz CT molecular complexity index is 797. The van der Waals surface area contributed by atoms with Crippen LogP contribution in [0.3, 0.4) is 0 Å². The van der Waals surface area contributed by atoms with Crippen LogP contribution in [-0.4, -0.2) is 15.5 Å². The Morgan fingerprint density at radius 3 is 2.32 bits per heavy atom. The molecule has 0 heterocycles. The van der Waals surface area contributed by atoms with Gasteiger partial charge in [0, 0.05) is 0 Å². The predicted molar refractivity (Wildman–Crippen MR) is 101 cm³/mol. The summed E-state index contributed by atoms with van der Waals surface area (Å²) < 4.78 is 33.9. The van der Waals surface area contributed by atoms with Crippen molar-refractivity contribution in [2.24, 2.45) is 0 Å².